The second-order valence-corrected chi connectivity index (χ2v) is 4.97. The lowest BCUT2D eigenvalue weighted by Gasteiger charge is -2.17. The summed E-state index contributed by atoms with van der Waals surface area (Å²) in [6, 6.07) is 9.79. The van der Waals surface area contributed by atoms with Crippen LogP contribution in [0, 0.1) is 0 Å². The molecule has 5 heteroatoms. The predicted molar refractivity (Wildman–Crippen MR) is 77.3 cm³/mol. The number of rotatable bonds is 3. The zero-order valence-corrected chi connectivity index (χ0v) is 11.6. The number of hydrogen-bond donors (Lipinski definition) is 1. The van der Waals surface area contributed by atoms with E-state index in [-0.39, 0.29) is 6.10 Å². The maximum Gasteiger partial charge on any atom is 0.129 e. The Morgan fingerprint density at radius 1 is 1.20 bits per heavy atom. The van der Waals surface area contributed by atoms with Crippen LogP contribution in [0.2, 0.25) is 0 Å². The molecule has 20 heavy (non-hydrogen) atoms. The summed E-state index contributed by atoms with van der Waals surface area (Å²) in [5, 5.41) is 10.9. The molecule has 0 amide bonds. The summed E-state index contributed by atoms with van der Waals surface area (Å²) in [4.78, 5) is 6.68. The number of aliphatic hydroxyl groups is 1. The van der Waals surface area contributed by atoms with E-state index >= 15 is 0 Å². The average molecular weight is 274 g/mol. The van der Waals surface area contributed by atoms with Crippen molar-refractivity contribution in [1.29, 1.82) is 0 Å². The highest BCUT2D eigenvalue weighted by atomic mass is 16.5. The zero-order chi connectivity index (χ0) is 14.1. The number of aliphatic hydroxyl groups excluding tert-OH is 1. The maximum absolute atomic E-state index is 9.89. The molecule has 1 aromatic heterocycles. The number of benzene rings is 1. The fourth-order valence-electron chi connectivity index (χ4n) is 2.57. The molecular weight excluding hydrogens is 256 g/mol. The van der Waals surface area contributed by atoms with Crippen LogP contribution in [0.5, 0.6) is 5.75 Å². The fourth-order valence-corrected chi connectivity index (χ4v) is 2.57. The molecule has 1 aliphatic heterocycles. The van der Waals surface area contributed by atoms with Crippen LogP contribution in [0.1, 0.15) is 0 Å². The molecule has 1 fully saturated rings. The van der Waals surface area contributed by atoms with Crippen molar-refractivity contribution < 1.29 is 14.6 Å². The lowest BCUT2D eigenvalue weighted by Crippen LogP contribution is -2.25. The summed E-state index contributed by atoms with van der Waals surface area (Å²) in [6.07, 6.45) is -0.614. The summed E-state index contributed by atoms with van der Waals surface area (Å²) >= 11 is 0. The summed E-state index contributed by atoms with van der Waals surface area (Å²) < 4.78 is 10.5. The van der Waals surface area contributed by atoms with Gasteiger partial charge in [-0.05, 0) is 30.3 Å². The molecule has 1 aromatic carbocycles. The van der Waals surface area contributed by atoms with E-state index in [1.54, 1.807) is 14.2 Å². The van der Waals surface area contributed by atoms with E-state index < -0.39 is 6.10 Å². The van der Waals surface area contributed by atoms with E-state index in [0.717, 1.165) is 22.5 Å². The van der Waals surface area contributed by atoms with Crippen molar-refractivity contribution in [2.75, 3.05) is 32.2 Å². The summed E-state index contributed by atoms with van der Waals surface area (Å²) in [5.41, 5.74) is 0.915. The predicted octanol–water partition coefficient (Wildman–Crippen LogP) is 1.44. The van der Waals surface area contributed by atoms with Crippen molar-refractivity contribution in [2.24, 2.45) is 0 Å². The van der Waals surface area contributed by atoms with Crippen LogP contribution < -0.4 is 9.64 Å². The molecule has 0 spiro atoms. The van der Waals surface area contributed by atoms with E-state index in [4.69, 9.17) is 9.47 Å². The second kappa shape index (κ2) is 5.26. The van der Waals surface area contributed by atoms with Gasteiger partial charge in [-0.25, -0.2) is 4.98 Å². The number of aromatic nitrogens is 1. The van der Waals surface area contributed by atoms with Crippen LogP contribution in [0.3, 0.4) is 0 Å². The van der Waals surface area contributed by atoms with E-state index in [9.17, 15) is 5.11 Å². The molecule has 1 aliphatic rings. The zero-order valence-electron chi connectivity index (χ0n) is 11.6. The Kier molecular flexibility index (Phi) is 3.46. The lowest BCUT2D eigenvalue weighted by atomic mass is 10.2. The van der Waals surface area contributed by atoms with Gasteiger partial charge in [0.2, 0.25) is 0 Å². The van der Waals surface area contributed by atoms with Gasteiger partial charge < -0.3 is 19.5 Å². The van der Waals surface area contributed by atoms with Crippen molar-refractivity contribution in [2.45, 2.75) is 12.2 Å². The molecule has 3 rings (SSSR count). The monoisotopic (exact) mass is 274 g/mol. The summed E-state index contributed by atoms with van der Waals surface area (Å²) in [6.45, 7) is 1.21. The molecule has 0 bridgehead atoms. The highest BCUT2D eigenvalue weighted by Gasteiger charge is 2.31. The van der Waals surface area contributed by atoms with E-state index in [1.165, 1.54) is 0 Å². The molecule has 106 valence electrons. The number of nitrogens with zero attached hydrogens (tertiary/aromatic N) is 2. The van der Waals surface area contributed by atoms with Crippen LogP contribution in [0.15, 0.2) is 30.3 Å². The van der Waals surface area contributed by atoms with Crippen molar-refractivity contribution in [3.05, 3.63) is 30.3 Å². The Balaban J connectivity index is 1.90. The van der Waals surface area contributed by atoms with Gasteiger partial charge in [0.15, 0.2) is 0 Å². The second-order valence-electron chi connectivity index (χ2n) is 4.97. The molecule has 2 heterocycles. The van der Waals surface area contributed by atoms with Crippen LogP contribution in [-0.4, -0.2) is 49.6 Å². The van der Waals surface area contributed by atoms with Gasteiger partial charge in [-0.1, -0.05) is 0 Å². The van der Waals surface area contributed by atoms with Gasteiger partial charge in [-0.3, -0.25) is 0 Å². The average Bonchev–Trinajstić information content (AvgIpc) is 2.87. The van der Waals surface area contributed by atoms with Gasteiger partial charge >= 0.3 is 0 Å². The topological polar surface area (TPSA) is 54.8 Å². The number of β-amino-alcohol motifs (C(OH)–C–C–N with tert-alkyl or cyclic N) is 1. The molecule has 0 saturated carbocycles. The third-order valence-electron chi connectivity index (χ3n) is 3.75. The van der Waals surface area contributed by atoms with Crippen LogP contribution >= 0.6 is 0 Å². The SMILES string of the molecule is COc1ccc2nc(N3C[C@@H](O)[C@H](OC)C3)ccc2c1. The minimum Gasteiger partial charge on any atom is -0.497 e. The van der Waals surface area contributed by atoms with Gasteiger partial charge in [-0.15, -0.1) is 0 Å². The van der Waals surface area contributed by atoms with Crippen LogP contribution in [0.25, 0.3) is 10.9 Å². The number of fused-ring (bicyclic) bond motifs is 1. The molecule has 1 N–H and O–H groups in total. The first-order valence-electron chi connectivity index (χ1n) is 6.62. The van der Waals surface area contributed by atoms with Gasteiger partial charge in [0.25, 0.3) is 0 Å². The molecule has 1 saturated heterocycles. The van der Waals surface area contributed by atoms with Crippen molar-refractivity contribution >= 4 is 16.7 Å². The fraction of sp³-hybridized carbons (Fsp3) is 0.400. The van der Waals surface area contributed by atoms with Gasteiger partial charge in [0, 0.05) is 25.6 Å². The van der Waals surface area contributed by atoms with E-state index in [2.05, 4.69) is 4.98 Å². The summed E-state index contributed by atoms with van der Waals surface area (Å²) in [5.74, 6) is 1.68. The molecule has 2 aromatic rings. The Hall–Kier alpha value is -1.85. The minimum absolute atomic E-state index is 0.150. The largest absolute Gasteiger partial charge is 0.497 e. The third-order valence-corrected chi connectivity index (χ3v) is 3.75. The van der Waals surface area contributed by atoms with Crippen molar-refractivity contribution in [1.82, 2.24) is 4.98 Å². The Bertz CT molecular complexity index is 617. The first-order chi connectivity index (χ1) is 9.71. The van der Waals surface area contributed by atoms with Gasteiger partial charge in [0.1, 0.15) is 17.7 Å². The van der Waals surface area contributed by atoms with Crippen LogP contribution in [0.4, 0.5) is 5.82 Å². The summed E-state index contributed by atoms with van der Waals surface area (Å²) in [7, 11) is 3.27. The van der Waals surface area contributed by atoms with Gasteiger partial charge in [0.05, 0.1) is 18.7 Å². The number of ether oxygens (including phenoxy) is 2. The van der Waals surface area contributed by atoms with E-state index in [0.29, 0.717) is 13.1 Å². The number of pyridine rings is 1. The minimum atomic E-state index is -0.464. The smallest absolute Gasteiger partial charge is 0.129 e. The normalized spacial score (nSPS) is 22.4. The first-order valence-corrected chi connectivity index (χ1v) is 6.62. The highest BCUT2D eigenvalue weighted by molar-refractivity contribution is 5.81. The third kappa shape index (κ3) is 2.30. The molecular formula is C15H18N2O3. The standard InChI is InChI=1S/C15H18N2O3/c1-19-11-4-5-12-10(7-11)3-6-15(16-12)17-8-13(18)14(9-17)20-2/h3-7,13-14,18H,8-9H2,1-2H3/t13-,14-/m1/s1. The van der Waals surface area contributed by atoms with E-state index in [1.807, 2.05) is 35.2 Å². The van der Waals surface area contributed by atoms with Crippen molar-refractivity contribution in [3.8, 4) is 5.75 Å². The number of anilines is 1. The highest BCUT2D eigenvalue weighted by Crippen LogP contribution is 2.25. The van der Waals surface area contributed by atoms with Gasteiger partial charge in [-0.2, -0.15) is 0 Å². The van der Waals surface area contributed by atoms with Crippen LogP contribution in [-0.2, 0) is 4.74 Å². The first kappa shape index (κ1) is 13.1. The molecule has 5 nitrogen and oxygen atoms in total. The molecule has 0 radical (unpaired) electrons. The Morgan fingerprint density at radius 2 is 2.05 bits per heavy atom. The Labute approximate surface area is 117 Å². The molecule has 0 unspecified atom stereocenters. The lowest BCUT2D eigenvalue weighted by molar-refractivity contribution is 0.0217. The quantitative estimate of drug-likeness (QED) is 0.918. The molecule has 0 aliphatic carbocycles. The molecule has 2 atom stereocenters. The maximum atomic E-state index is 9.89. The van der Waals surface area contributed by atoms with Crippen molar-refractivity contribution in [3.63, 3.8) is 0 Å². The Morgan fingerprint density at radius 3 is 2.75 bits per heavy atom. The number of methoxy groups -OCH3 is 2. The number of hydrogen-bond acceptors (Lipinski definition) is 5.